The maximum Gasteiger partial charge on any atom is 0.175 e. The van der Waals surface area contributed by atoms with Gasteiger partial charge in [-0.1, -0.05) is 15.9 Å². The second-order valence-electron chi connectivity index (χ2n) is 4.63. The van der Waals surface area contributed by atoms with Gasteiger partial charge in [0.2, 0.25) is 0 Å². The molecule has 3 nitrogen and oxygen atoms in total. The molecule has 118 valence electrons. The molecule has 0 aliphatic heterocycles. The van der Waals surface area contributed by atoms with E-state index in [1.54, 1.807) is 0 Å². The minimum atomic E-state index is 0.606. The normalized spacial score (nSPS) is 10.4. The zero-order valence-electron chi connectivity index (χ0n) is 12.7. The van der Waals surface area contributed by atoms with Crippen molar-refractivity contribution in [3.8, 4) is 11.5 Å². The quantitative estimate of drug-likeness (QED) is 0.620. The largest absolute Gasteiger partial charge is 0.490 e. The van der Waals surface area contributed by atoms with Crippen LogP contribution >= 0.6 is 31.9 Å². The molecule has 0 unspecified atom stereocenters. The van der Waals surface area contributed by atoms with Crippen molar-refractivity contribution in [2.75, 3.05) is 18.5 Å². The number of nitrogens with one attached hydrogen (secondary N) is 1. The predicted octanol–water partition coefficient (Wildman–Crippen LogP) is 5.62. The van der Waals surface area contributed by atoms with Crippen LogP contribution in [-0.4, -0.2) is 13.2 Å². The number of rotatable bonds is 7. The fraction of sp³-hybridized carbons (Fsp3) is 0.294. The lowest BCUT2D eigenvalue weighted by molar-refractivity contribution is 0.286. The smallest absolute Gasteiger partial charge is 0.175 e. The summed E-state index contributed by atoms with van der Waals surface area (Å²) in [6, 6.07) is 12.2. The minimum Gasteiger partial charge on any atom is -0.490 e. The van der Waals surface area contributed by atoms with Crippen molar-refractivity contribution in [2.45, 2.75) is 20.4 Å². The highest BCUT2D eigenvalue weighted by molar-refractivity contribution is 9.10. The Labute approximate surface area is 148 Å². The number of benzene rings is 2. The van der Waals surface area contributed by atoms with E-state index in [2.05, 4.69) is 43.2 Å². The predicted molar refractivity (Wildman–Crippen MR) is 97.9 cm³/mol. The van der Waals surface area contributed by atoms with Gasteiger partial charge in [0, 0.05) is 16.7 Å². The van der Waals surface area contributed by atoms with Crippen LogP contribution in [0.1, 0.15) is 19.4 Å². The number of anilines is 1. The summed E-state index contributed by atoms with van der Waals surface area (Å²) in [5, 5.41) is 3.40. The van der Waals surface area contributed by atoms with Crippen molar-refractivity contribution in [3.63, 3.8) is 0 Å². The van der Waals surface area contributed by atoms with Crippen molar-refractivity contribution in [2.24, 2.45) is 0 Å². The molecule has 0 bridgehead atoms. The Hall–Kier alpha value is -1.20. The Morgan fingerprint density at radius 2 is 1.64 bits per heavy atom. The average molecular weight is 429 g/mol. The molecular weight excluding hydrogens is 410 g/mol. The van der Waals surface area contributed by atoms with Crippen LogP contribution in [0.3, 0.4) is 0 Å². The van der Waals surface area contributed by atoms with Gasteiger partial charge < -0.3 is 14.8 Å². The van der Waals surface area contributed by atoms with E-state index in [-0.39, 0.29) is 0 Å². The van der Waals surface area contributed by atoms with Gasteiger partial charge in [0.1, 0.15) is 0 Å². The van der Waals surface area contributed by atoms with Crippen molar-refractivity contribution < 1.29 is 9.47 Å². The first-order chi connectivity index (χ1) is 10.6. The fourth-order valence-corrected chi connectivity index (χ4v) is 2.91. The second-order valence-corrected chi connectivity index (χ2v) is 6.40. The monoisotopic (exact) mass is 427 g/mol. The molecule has 0 saturated heterocycles. The van der Waals surface area contributed by atoms with E-state index in [0.29, 0.717) is 19.8 Å². The molecule has 0 fully saturated rings. The highest BCUT2D eigenvalue weighted by Gasteiger charge is 2.11. The van der Waals surface area contributed by atoms with Gasteiger partial charge in [0.15, 0.2) is 11.5 Å². The van der Waals surface area contributed by atoms with Crippen LogP contribution in [0, 0.1) is 0 Å². The summed E-state index contributed by atoms with van der Waals surface area (Å²) in [5.74, 6) is 1.53. The summed E-state index contributed by atoms with van der Waals surface area (Å²) in [7, 11) is 0. The SMILES string of the molecule is CCOc1cc(CNc2ccc(Br)cc2)cc(Br)c1OCC. The van der Waals surface area contributed by atoms with Crippen LogP contribution in [0.5, 0.6) is 11.5 Å². The van der Waals surface area contributed by atoms with E-state index in [4.69, 9.17) is 9.47 Å². The van der Waals surface area contributed by atoms with E-state index in [9.17, 15) is 0 Å². The van der Waals surface area contributed by atoms with Crippen molar-refractivity contribution in [3.05, 3.63) is 50.9 Å². The van der Waals surface area contributed by atoms with Gasteiger partial charge in [-0.25, -0.2) is 0 Å². The molecule has 0 aliphatic carbocycles. The van der Waals surface area contributed by atoms with Crippen LogP contribution in [0.2, 0.25) is 0 Å². The summed E-state index contributed by atoms with van der Waals surface area (Å²) in [6.07, 6.45) is 0. The lowest BCUT2D eigenvalue weighted by atomic mass is 10.2. The number of hydrogen-bond donors (Lipinski definition) is 1. The third-order valence-electron chi connectivity index (χ3n) is 3.00. The first-order valence-electron chi connectivity index (χ1n) is 7.21. The van der Waals surface area contributed by atoms with E-state index in [1.807, 2.05) is 44.2 Å². The summed E-state index contributed by atoms with van der Waals surface area (Å²) < 4.78 is 13.3. The van der Waals surface area contributed by atoms with E-state index < -0.39 is 0 Å². The molecule has 0 atom stereocenters. The topological polar surface area (TPSA) is 30.5 Å². The van der Waals surface area contributed by atoms with E-state index >= 15 is 0 Å². The number of halogens is 2. The molecule has 0 heterocycles. The molecule has 0 radical (unpaired) electrons. The molecule has 0 amide bonds. The summed E-state index contributed by atoms with van der Waals surface area (Å²) in [4.78, 5) is 0. The first kappa shape index (κ1) is 17.2. The van der Waals surface area contributed by atoms with E-state index in [1.165, 1.54) is 0 Å². The zero-order chi connectivity index (χ0) is 15.9. The Morgan fingerprint density at radius 1 is 0.955 bits per heavy atom. The molecule has 0 spiro atoms. The molecule has 22 heavy (non-hydrogen) atoms. The Kier molecular flexibility index (Phi) is 6.58. The number of ether oxygens (including phenoxy) is 2. The Bertz CT molecular complexity index is 615. The van der Waals surface area contributed by atoms with Crippen LogP contribution in [0.15, 0.2) is 45.3 Å². The molecule has 0 aromatic heterocycles. The summed E-state index contributed by atoms with van der Waals surface area (Å²) in [5.41, 5.74) is 2.20. The summed E-state index contributed by atoms with van der Waals surface area (Å²) >= 11 is 7.00. The lowest BCUT2D eigenvalue weighted by Crippen LogP contribution is -2.03. The maximum atomic E-state index is 5.69. The second kappa shape index (κ2) is 8.44. The van der Waals surface area contributed by atoms with Gasteiger partial charge >= 0.3 is 0 Å². The van der Waals surface area contributed by atoms with Crippen LogP contribution in [0.25, 0.3) is 0 Å². The van der Waals surface area contributed by atoms with Crippen LogP contribution in [-0.2, 0) is 6.54 Å². The van der Waals surface area contributed by atoms with Crippen molar-refractivity contribution in [1.29, 1.82) is 0 Å². The van der Waals surface area contributed by atoms with Gasteiger partial charge in [-0.15, -0.1) is 0 Å². The Balaban J connectivity index is 2.15. The average Bonchev–Trinajstić information content (AvgIpc) is 2.50. The van der Waals surface area contributed by atoms with E-state index in [0.717, 1.165) is 31.7 Å². The summed E-state index contributed by atoms with van der Waals surface area (Å²) in [6.45, 7) is 5.86. The standard InChI is InChI=1S/C17H19Br2NO2/c1-3-21-16-10-12(9-15(19)17(16)22-4-2)11-20-14-7-5-13(18)6-8-14/h5-10,20H,3-4,11H2,1-2H3. The number of hydrogen-bond acceptors (Lipinski definition) is 3. The van der Waals surface area contributed by atoms with Crippen molar-refractivity contribution >= 4 is 37.5 Å². The molecule has 2 aromatic carbocycles. The molecule has 1 N–H and O–H groups in total. The highest BCUT2D eigenvalue weighted by Crippen LogP contribution is 2.37. The molecule has 2 rings (SSSR count). The van der Waals surface area contributed by atoms with Gasteiger partial charge in [-0.05, 0) is 71.7 Å². The highest BCUT2D eigenvalue weighted by atomic mass is 79.9. The Morgan fingerprint density at radius 3 is 2.27 bits per heavy atom. The molecule has 0 aliphatic rings. The van der Waals surface area contributed by atoms with Gasteiger partial charge in [-0.2, -0.15) is 0 Å². The molecule has 2 aromatic rings. The maximum absolute atomic E-state index is 5.69. The minimum absolute atomic E-state index is 0.606. The lowest BCUT2D eigenvalue weighted by Gasteiger charge is -2.15. The van der Waals surface area contributed by atoms with Crippen LogP contribution < -0.4 is 14.8 Å². The zero-order valence-corrected chi connectivity index (χ0v) is 15.8. The molecule has 0 saturated carbocycles. The van der Waals surface area contributed by atoms with Crippen molar-refractivity contribution in [1.82, 2.24) is 0 Å². The first-order valence-corrected chi connectivity index (χ1v) is 8.80. The van der Waals surface area contributed by atoms with Crippen LogP contribution in [0.4, 0.5) is 5.69 Å². The van der Waals surface area contributed by atoms with Gasteiger partial charge in [-0.3, -0.25) is 0 Å². The van der Waals surface area contributed by atoms with Gasteiger partial charge in [0.25, 0.3) is 0 Å². The fourth-order valence-electron chi connectivity index (χ4n) is 2.04. The molecule has 5 heteroatoms. The third-order valence-corrected chi connectivity index (χ3v) is 4.12. The third kappa shape index (κ3) is 4.65. The van der Waals surface area contributed by atoms with Gasteiger partial charge in [0.05, 0.1) is 17.7 Å². The molecular formula is C17H19Br2NO2.